The smallest absolute Gasteiger partial charge is 0.258 e. The van der Waals surface area contributed by atoms with Crippen molar-refractivity contribution in [2.24, 2.45) is 7.05 Å². The maximum atomic E-state index is 12.8. The molecule has 4 rings (SSSR count). The number of amides is 2. The summed E-state index contributed by atoms with van der Waals surface area (Å²) < 4.78 is 7.35. The Labute approximate surface area is 161 Å². The molecule has 8 heteroatoms. The second-order valence-corrected chi connectivity index (χ2v) is 6.49. The van der Waals surface area contributed by atoms with Crippen LogP contribution in [0.15, 0.2) is 48.8 Å². The summed E-state index contributed by atoms with van der Waals surface area (Å²) in [5, 5.41) is 9.32. The van der Waals surface area contributed by atoms with Gasteiger partial charge in [-0.25, -0.2) is 4.98 Å². The first-order valence-electron chi connectivity index (χ1n) is 8.81. The van der Waals surface area contributed by atoms with E-state index in [4.69, 9.17) is 4.74 Å². The van der Waals surface area contributed by atoms with Crippen LogP contribution in [0.5, 0.6) is 5.75 Å². The van der Waals surface area contributed by atoms with Gasteiger partial charge in [-0.2, -0.15) is 0 Å². The van der Waals surface area contributed by atoms with Crippen molar-refractivity contribution in [1.29, 1.82) is 0 Å². The fraction of sp³-hybridized carbons (Fsp3) is 0.200. The lowest BCUT2D eigenvalue weighted by Crippen LogP contribution is -2.20. The number of hydrogen-bond donors (Lipinski definition) is 2. The second-order valence-electron chi connectivity index (χ2n) is 6.49. The van der Waals surface area contributed by atoms with Crippen LogP contribution in [0.4, 0.5) is 5.95 Å². The summed E-state index contributed by atoms with van der Waals surface area (Å²) in [7, 11) is 3.26. The minimum Gasteiger partial charge on any atom is -0.491 e. The molecule has 2 heterocycles. The van der Waals surface area contributed by atoms with E-state index in [2.05, 4.69) is 20.7 Å². The molecule has 0 bridgehead atoms. The number of carbonyl (C=O) groups is 2. The minimum absolute atomic E-state index is 0.0552. The Kier molecular flexibility index (Phi) is 4.52. The number of fused-ring (bicyclic) bond motifs is 1. The predicted molar refractivity (Wildman–Crippen MR) is 103 cm³/mol. The number of anilines is 1. The largest absolute Gasteiger partial charge is 0.491 e. The van der Waals surface area contributed by atoms with E-state index in [-0.39, 0.29) is 17.8 Å². The third-order valence-corrected chi connectivity index (χ3v) is 4.65. The zero-order valence-electron chi connectivity index (χ0n) is 15.5. The molecule has 1 aliphatic rings. The first-order valence-corrected chi connectivity index (χ1v) is 8.81. The lowest BCUT2D eigenvalue weighted by atomic mass is 9.90. The van der Waals surface area contributed by atoms with Crippen molar-refractivity contribution >= 4 is 17.8 Å². The molecule has 142 valence electrons. The molecule has 0 spiro atoms. The van der Waals surface area contributed by atoms with Crippen LogP contribution in [-0.4, -0.2) is 40.2 Å². The number of nitrogens with one attached hydrogen (secondary N) is 2. The molecule has 0 saturated heterocycles. The number of ether oxygens (including phenoxy) is 1. The highest BCUT2D eigenvalue weighted by Gasteiger charge is 2.31. The monoisotopic (exact) mass is 377 g/mol. The van der Waals surface area contributed by atoms with Gasteiger partial charge in [0.25, 0.3) is 11.8 Å². The van der Waals surface area contributed by atoms with E-state index < -0.39 is 5.91 Å². The number of hydrogen-bond acceptors (Lipinski definition) is 5. The fourth-order valence-corrected chi connectivity index (χ4v) is 3.29. The molecule has 2 N–H and O–H groups in total. The summed E-state index contributed by atoms with van der Waals surface area (Å²) in [5.41, 5.74) is 2.55. The van der Waals surface area contributed by atoms with E-state index in [1.807, 2.05) is 30.3 Å². The van der Waals surface area contributed by atoms with Crippen LogP contribution >= 0.6 is 0 Å². The van der Waals surface area contributed by atoms with Crippen LogP contribution < -0.4 is 15.4 Å². The van der Waals surface area contributed by atoms with E-state index >= 15 is 0 Å². The zero-order chi connectivity index (χ0) is 19.7. The Morgan fingerprint density at radius 2 is 1.96 bits per heavy atom. The summed E-state index contributed by atoms with van der Waals surface area (Å²) >= 11 is 0. The van der Waals surface area contributed by atoms with Crippen molar-refractivity contribution in [3.8, 4) is 5.75 Å². The Balaban J connectivity index is 1.76. The van der Waals surface area contributed by atoms with Crippen LogP contribution in [0.3, 0.4) is 0 Å². The van der Waals surface area contributed by atoms with Gasteiger partial charge in [-0.1, -0.05) is 30.3 Å². The van der Waals surface area contributed by atoms with Gasteiger partial charge in [-0.05, 0) is 17.7 Å². The Bertz CT molecular complexity index is 1050. The molecule has 0 saturated carbocycles. The number of benzene rings is 2. The van der Waals surface area contributed by atoms with Gasteiger partial charge in [-0.3, -0.25) is 19.6 Å². The maximum absolute atomic E-state index is 12.8. The SMILES string of the molecule is CNC(=O)c1cc(C(=O)Nc2ncn(C)n2)cc2c1OC[C@@H]2c1ccccc1. The Morgan fingerprint density at radius 3 is 2.64 bits per heavy atom. The van der Waals surface area contributed by atoms with Crippen molar-refractivity contribution in [2.45, 2.75) is 5.92 Å². The van der Waals surface area contributed by atoms with Gasteiger partial charge in [0.2, 0.25) is 5.95 Å². The lowest BCUT2D eigenvalue weighted by molar-refractivity contribution is 0.0960. The fourth-order valence-electron chi connectivity index (χ4n) is 3.29. The third-order valence-electron chi connectivity index (χ3n) is 4.65. The summed E-state index contributed by atoms with van der Waals surface area (Å²) in [6.45, 7) is 0.413. The van der Waals surface area contributed by atoms with Gasteiger partial charge in [0.15, 0.2) is 0 Å². The molecule has 0 fully saturated rings. The molecule has 2 amide bonds. The van der Waals surface area contributed by atoms with Crippen molar-refractivity contribution in [2.75, 3.05) is 19.0 Å². The van der Waals surface area contributed by atoms with Crippen LogP contribution in [-0.2, 0) is 7.05 Å². The number of rotatable bonds is 4. The molecule has 28 heavy (non-hydrogen) atoms. The summed E-state index contributed by atoms with van der Waals surface area (Å²) in [6, 6.07) is 13.2. The molecular formula is C20H19N5O3. The molecule has 8 nitrogen and oxygen atoms in total. The van der Waals surface area contributed by atoms with Gasteiger partial charge < -0.3 is 10.1 Å². The standard InChI is InChI=1S/C20H19N5O3/c1-21-19(27)15-9-13(18(26)23-20-22-11-25(2)24-20)8-14-16(10-28-17(14)15)12-6-4-3-5-7-12/h3-9,11,16H,10H2,1-2H3,(H,21,27)(H,23,24,26)/t16-/m1/s1. The number of aromatic nitrogens is 3. The third kappa shape index (κ3) is 3.20. The average molecular weight is 377 g/mol. The van der Waals surface area contributed by atoms with Gasteiger partial charge in [0, 0.05) is 31.1 Å². The van der Waals surface area contributed by atoms with Crippen LogP contribution in [0, 0.1) is 0 Å². The Morgan fingerprint density at radius 1 is 1.18 bits per heavy atom. The summed E-state index contributed by atoms with van der Waals surface area (Å²) in [6.07, 6.45) is 1.49. The molecule has 1 aliphatic heterocycles. The van der Waals surface area contributed by atoms with Crippen LogP contribution in [0.1, 0.15) is 37.8 Å². The van der Waals surface area contributed by atoms with Crippen LogP contribution in [0.25, 0.3) is 0 Å². The highest BCUT2D eigenvalue weighted by molar-refractivity contribution is 6.06. The maximum Gasteiger partial charge on any atom is 0.258 e. The lowest BCUT2D eigenvalue weighted by Gasteiger charge is -2.12. The van der Waals surface area contributed by atoms with E-state index in [9.17, 15) is 9.59 Å². The van der Waals surface area contributed by atoms with Crippen molar-refractivity contribution in [1.82, 2.24) is 20.1 Å². The van der Waals surface area contributed by atoms with E-state index in [0.717, 1.165) is 11.1 Å². The number of aryl methyl sites for hydroxylation is 1. The summed E-state index contributed by atoms with van der Waals surface area (Å²) in [5.74, 6) is -0.0418. The first kappa shape index (κ1) is 17.7. The molecule has 0 unspecified atom stereocenters. The van der Waals surface area contributed by atoms with Gasteiger partial charge in [0.05, 0.1) is 12.2 Å². The minimum atomic E-state index is -0.391. The van der Waals surface area contributed by atoms with E-state index in [1.165, 1.54) is 17.1 Å². The zero-order valence-corrected chi connectivity index (χ0v) is 15.5. The molecular weight excluding hydrogens is 358 g/mol. The second kappa shape index (κ2) is 7.15. The number of carbonyl (C=O) groups excluding carboxylic acids is 2. The van der Waals surface area contributed by atoms with Gasteiger partial charge in [0.1, 0.15) is 12.1 Å². The van der Waals surface area contributed by atoms with Crippen molar-refractivity contribution in [3.63, 3.8) is 0 Å². The highest BCUT2D eigenvalue weighted by atomic mass is 16.5. The topological polar surface area (TPSA) is 98.1 Å². The van der Waals surface area contributed by atoms with Gasteiger partial charge in [-0.15, -0.1) is 5.10 Å². The van der Waals surface area contributed by atoms with Crippen LogP contribution in [0.2, 0.25) is 0 Å². The molecule has 0 radical (unpaired) electrons. The first-order chi connectivity index (χ1) is 13.6. The quantitative estimate of drug-likeness (QED) is 0.724. The molecule has 2 aromatic carbocycles. The van der Waals surface area contributed by atoms with E-state index in [0.29, 0.717) is 23.5 Å². The number of nitrogens with zero attached hydrogens (tertiary/aromatic N) is 3. The highest BCUT2D eigenvalue weighted by Crippen LogP contribution is 2.41. The van der Waals surface area contributed by atoms with E-state index in [1.54, 1.807) is 20.2 Å². The Hall–Kier alpha value is -3.68. The molecule has 1 aromatic heterocycles. The van der Waals surface area contributed by atoms with Crippen molar-refractivity contribution in [3.05, 3.63) is 71.0 Å². The molecule has 1 atom stereocenters. The van der Waals surface area contributed by atoms with Gasteiger partial charge >= 0.3 is 0 Å². The normalized spacial score (nSPS) is 14.9. The molecule has 0 aliphatic carbocycles. The molecule has 3 aromatic rings. The predicted octanol–water partition coefficient (Wildman–Crippen LogP) is 1.95. The van der Waals surface area contributed by atoms with Crippen molar-refractivity contribution < 1.29 is 14.3 Å². The summed E-state index contributed by atoms with van der Waals surface area (Å²) in [4.78, 5) is 29.2. The average Bonchev–Trinajstić information content (AvgIpc) is 3.33.